The van der Waals surface area contributed by atoms with Gasteiger partial charge in [0, 0.05) is 79.3 Å². The number of thiophene rings is 2. The second-order valence-corrected chi connectivity index (χ2v) is 20.3. The van der Waals surface area contributed by atoms with Crippen LogP contribution in [0.4, 0.5) is 0 Å². The fraction of sp³-hybridized carbons (Fsp3) is 0.0323. The number of para-hydroxylation sites is 3. The minimum Gasteiger partial charge on any atom is -0.309 e. The minimum absolute atomic E-state index is 0.0426. The number of rotatable bonds is 3. The maximum atomic E-state index is 2.57. The van der Waals surface area contributed by atoms with Gasteiger partial charge in [0.15, 0.2) is 0 Å². The smallest absolute Gasteiger partial charge is 0.0555 e. The molecule has 2 unspecified atom stereocenters. The van der Waals surface area contributed by atoms with Gasteiger partial charge in [-0.25, -0.2) is 0 Å². The Hall–Kier alpha value is -7.76. The Morgan fingerprint density at radius 2 is 0.727 bits per heavy atom. The lowest BCUT2D eigenvalue weighted by Gasteiger charge is -2.43. The predicted octanol–water partition coefficient (Wildman–Crippen LogP) is 17.3. The Morgan fingerprint density at radius 1 is 0.273 bits per heavy atom. The van der Waals surface area contributed by atoms with Crippen LogP contribution in [0.2, 0.25) is 0 Å². The van der Waals surface area contributed by atoms with Crippen LogP contribution >= 0.6 is 22.7 Å². The largest absolute Gasteiger partial charge is 0.309 e. The van der Waals surface area contributed by atoms with Crippen LogP contribution in [0.25, 0.3) is 106 Å². The molecule has 306 valence electrons. The highest BCUT2D eigenvalue weighted by Crippen LogP contribution is 2.61. The molecular formula is C62H36N2S2. The van der Waals surface area contributed by atoms with Gasteiger partial charge in [0.1, 0.15) is 0 Å². The zero-order chi connectivity index (χ0) is 42.8. The van der Waals surface area contributed by atoms with Gasteiger partial charge in [-0.05, 0) is 99.6 Å². The summed E-state index contributed by atoms with van der Waals surface area (Å²) in [6, 6.07) is 78.0. The van der Waals surface area contributed by atoms with Crippen LogP contribution < -0.4 is 0 Å². The van der Waals surface area contributed by atoms with Crippen molar-refractivity contribution in [3.63, 3.8) is 0 Å². The van der Waals surface area contributed by atoms with E-state index in [4.69, 9.17) is 0 Å². The Morgan fingerprint density at radius 3 is 1.39 bits per heavy atom. The van der Waals surface area contributed by atoms with Crippen molar-refractivity contribution in [3.05, 3.63) is 240 Å². The van der Waals surface area contributed by atoms with Gasteiger partial charge < -0.3 is 9.13 Å². The Bertz CT molecular complexity index is 4440. The van der Waals surface area contributed by atoms with Crippen molar-refractivity contribution in [1.29, 1.82) is 0 Å². The summed E-state index contributed by atoms with van der Waals surface area (Å²) >= 11 is 3.77. The Labute approximate surface area is 387 Å². The summed E-state index contributed by atoms with van der Waals surface area (Å²) in [5.41, 5.74) is 18.6. The molecule has 4 heteroatoms. The minimum atomic E-state index is 0.0426. The number of aromatic nitrogens is 2. The third-order valence-corrected chi connectivity index (χ3v) is 17.4. The van der Waals surface area contributed by atoms with Crippen molar-refractivity contribution >= 4 is 107 Å². The van der Waals surface area contributed by atoms with Crippen molar-refractivity contribution < 1.29 is 0 Å². The quantitative estimate of drug-likeness (QED) is 0.167. The molecule has 0 N–H and O–H groups in total. The maximum Gasteiger partial charge on any atom is 0.0555 e. The van der Waals surface area contributed by atoms with Crippen LogP contribution in [0, 0.1) is 0 Å². The molecule has 66 heavy (non-hydrogen) atoms. The Balaban J connectivity index is 1.00. The van der Waals surface area contributed by atoms with Crippen molar-refractivity contribution in [1.82, 2.24) is 9.13 Å². The lowest BCUT2D eigenvalue weighted by molar-refractivity contribution is 0.768. The molecule has 0 spiro atoms. The number of nitrogens with zero attached hydrogens (tertiary/aromatic N) is 2. The number of benzene rings is 10. The van der Waals surface area contributed by atoms with E-state index in [-0.39, 0.29) is 11.8 Å². The zero-order valence-electron chi connectivity index (χ0n) is 35.5. The molecule has 2 atom stereocenters. The van der Waals surface area contributed by atoms with Crippen LogP contribution in [-0.2, 0) is 0 Å². The molecule has 4 heterocycles. The molecule has 10 aromatic carbocycles. The standard InChI is InChI=1S/C62H36N2S2/c1-2-17-38-37(16-1)55-43-31-33-49-58(39-18-4-9-24-46(39)63(49)45-23-8-3-15-35(45)36-22-13-29-53-56(36)41-20-6-11-27-51(41)65-53)61(43)60(38)62-44(55)32-34-50-59(62)40-19-5-10-25-47(40)64(50)48-26-14-30-54-57(48)42-21-7-12-28-52(42)66-54/h1-34,55,60H. The maximum absolute atomic E-state index is 2.57. The van der Waals surface area contributed by atoms with Crippen molar-refractivity contribution in [3.8, 4) is 22.5 Å². The monoisotopic (exact) mass is 872 g/mol. The molecule has 14 aromatic rings. The van der Waals surface area contributed by atoms with Crippen LogP contribution in [-0.4, -0.2) is 9.13 Å². The molecule has 3 aliphatic rings. The summed E-state index contributed by atoms with van der Waals surface area (Å²) in [6.07, 6.45) is 0. The molecule has 4 aromatic heterocycles. The van der Waals surface area contributed by atoms with E-state index in [2.05, 4.69) is 215 Å². The van der Waals surface area contributed by atoms with E-state index in [1.165, 1.54) is 140 Å². The van der Waals surface area contributed by atoms with E-state index in [0.717, 1.165) is 0 Å². The molecule has 2 bridgehead atoms. The predicted molar refractivity (Wildman–Crippen MR) is 281 cm³/mol. The topological polar surface area (TPSA) is 9.86 Å². The van der Waals surface area contributed by atoms with Crippen molar-refractivity contribution in [2.24, 2.45) is 0 Å². The molecule has 0 fully saturated rings. The summed E-state index contributed by atoms with van der Waals surface area (Å²) in [6.45, 7) is 0. The van der Waals surface area contributed by atoms with Gasteiger partial charge in [-0.1, -0.05) is 146 Å². The summed E-state index contributed by atoms with van der Waals surface area (Å²) < 4.78 is 10.4. The van der Waals surface area contributed by atoms with Gasteiger partial charge >= 0.3 is 0 Å². The number of fused-ring (bicyclic) bond motifs is 12. The Kier molecular flexibility index (Phi) is 6.98. The molecule has 0 radical (unpaired) electrons. The van der Waals surface area contributed by atoms with Crippen molar-refractivity contribution in [2.45, 2.75) is 11.8 Å². The molecular weight excluding hydrogens is 837 g/mol. The SMILES string of the molecule is c1ccc(-n2c3ccccc3c3c4c(ccc32)C2c3ccccc3C4c3c2ccc2c3c3ccccc3n2-c2cccc3sc4ccccc4c23)c(-c2cccc3sc4ccccc4c23)c1. The van der Waals surface area contributed by atoms with Gasteiger partial charge in [-0.3, -0.25) is 0 Å². The fourth-order valence-corrected chi connectivity index (χ4v) is 14.9. The average Bonchev–Trinajstić information content (AvgIpc) is 4.14. The third-order valence-electron chi connectivity index (χ3n) is 15.1. The number of hydrogen-bond donors (Lipinski definition) is 0. The van der Waals surface area contributed by atoms with Crippen molar-refractivity contribution in [2.75, 3.05) is 0 Å². The van der Waals surface area contributed by atoms with Gasteiger partial charge in [0.25, 0.3) is 0 Å². The van der Waals surface area contributed by atoms with E-state index < -0.39 is 0 Å². The zero-order valence-corrected chi connectivity index (χ0v) is 37.1. The third kappa shape index (κ3) is 4.46. The van der Waals surface area contributed by atoms with Gasteiger partial charge in [0.2, 0.25) is 0 Å². The van der Waals surface area contributed by atoms with Crippen LogP contribution in [0.1, 0.15) is 45.2 Å². The van der Waals surface area contributed by atoms with Crippen LogP contribution in [0.5, 0.6) is 0 Å². The van der Waals surface area contributed by atoms with Crippen LogP contribution in [0.3, 0.4) is 0 Å². The van der Waals surface area contributed by atoms with E-state index in [9.17, 15) is 0 Å². The molecule has 0 aliphatic heterocycles. The first-order chi connectivity index (χ1) is 32.8. The van der Waals surface area contributed by atoms with Gasteiger partial charge in [-0.15, -0.1) is 22.7 Å². The summed E-state index contributed by atoms with van der Waals surface area (Å²) in [5, 5.41) is 10.6. The first-order valence-corrected chi connectivity index (χ1v) is 24.5. The molecule has 3 aliphatic carbocycles. The normalized spacial score (nSPS) is 15.3. The average molecular weight is 873 g/mol. The molecule has 0 saturated carbocycles. The lowest BCUT2D eigenvalue weighted by atomic mass is 9.59. The number of hydrogen-bond acceptors (Lipinski definition) is 2. The molecule has 0 saturated heterocycles. The summed E-state index contributed by atoms with van der Waals surface area (Å²) in [4.78, 5) is 0. The first-order valence-electron chi connectivity index (χ1n) is 22.9. The van der Waals surface area contributed by atoms with E-state index in [0.29, 0.717) is 0 Å². The summed E-state index contributed by atoms with van der Waals surface area (Å²) in [5.74, 6) is 0.163. The van der Waals surface area contributed by atoms with E-state index in [1.54, 1.807) is 0 Å². The highest BCUT2D eigenvalue weighted by atomic mass is 32.1. The summed E-state index contributed by atoms with van der Waals surface area (Å²) in [7, 11) is 0. The molecule has 0 amide bonds. The second kappa shape index (κ2) is 12.9. The highest BCUT2D eigenvalue weighted by molar-refractivity contribution is 7.26. The second-order valence-electron chi connectivity index (χ2n) is 18.2. The lowest BCUT2D eigenvalue weighted by Crippen LogP contribution is -2.28. The fourth-order valence-electron chi connectivity index (χ4n) is 12.7. The van der Waals surface area contributed by atoms with E-state index in [1.807, 2.05) is 22.7 Å². The van der Waals surface area contributed by atoms with E-state index >= 15 is 0 Å². The van der Waals surface area contributed by atoms with Gasteiger partial charge in [-0.2, -0.15) is 0 Å². The molecule has 2 nitrogen and oxygen atoms in total. The van der Waals surface area contributed by atoms with Crippen LogP contribution in [0.15, 0.2) is 206 Å². The highest BCUT2D eigenvalue weighted by Gasteiger charge is 2.44. The first kappa shape index (κ1) is 35.6. The molecule has 17 rings (SSSR count). The van der Waals surface area contributed by atoms with Gasteiger partial charge in [0.05, 0.1) is 33.4 Å².